The van der Waals surface area contributed by atoms with Gasteiger partial charge < -0.3 is 16.4 Å². The first-order chi connectivity index (χ1) is 1.00. The fraction of sp³-hybridized carbons (Fsp3) is 0. The first-order valence-electron chi connectivity index (χ1n) is 0.200. The van der Waals surface area contributed by atoms with Crippen LogP contribution in [0.25, 0.3) is 0 Å². The van der Waals surface area contributed by atoms with Crippen molar-refractivity contribution in [2.45, 2.75) is 0 Å². The SMILES string of the molecule is O.O.O.OO.[W]. The van der Waals surface area contributed by atoms with E-state index in [-0.39, 0.29) is 37.5 Å². The summed E-state index contributed by atoms with van der Waals surface area (Å²) < 4.78 is 0. The fourth-order valence-corrected chi connectivity index (χ4v) is 0. The number of hydrogen-bond donors (Lipinski definition) is 2. The Kier molecular flexibility index (Phi) is 6820. The molecule has 0 saturated heterocycles. The summed E-state index contributed by atoms with van der Waals surface area (Å²) >= 11 is 0. The van der Waals surface area contributed by atoms with E-state index in [0.717, 1.165) is 0 Å². The molecule has 0 aliphatic heterocycles. The van der Waals surface area contributed by atoms with Gasteiger partial charge in [-0.2, -0.15) is 0 Å². The first kappa shape index (κ1) is 88.2. The summed E-state index contributed by atoms with van der Waals surface area (Å²) in [7, 11) is 0. The van der Waals surface area contributed by atoms with Gasteiger partial charge in [-0.25, -0.2) is 0 Å². The Balaban J connectivity index is -0.000000000833. The van der Waals surface area contributed by atoms with Crippen molar-refractivity contribution in [3.63, 3.8) is 0 Å². The van der Waals surface area contributed by atoms with E-state index in [1.54, 1.807) is 0 Å². The van der Waals surface area contributed by atoms with Crippen molar-refractivity contribution >= 4 is 0 Å². The fourth-order valence-electron chi connectivity index (χ4n) is 0. The van der Waals surface area contributed by atoms with Crippen LogP contribution in [-0.4, -0.2) is 26.9 Å². The molecule has 0 aliphatic carbocycles. The van der Waals surface area contributed by atoms with Crippen LogP contribution in [0.4, 0.5) is 0 Å². The molecule has 0 aromatic carbocycles. The van der Waals surface area contributed by atoms with Crippen LogP contribution in [0.15, 0.2) is 0 Å². The molecule has 6 heavy (non-hydrogen) atoms. The number of hydrogen-bond acceptors (Lipinski definition) is 2. The van der Waals surface area contributed by atoms with Crippen molar-refractivity contribution in [2.75, 3.05) is 0 Å². The van der Waals surface area contributed by atoms with Gasteiger partial charge in [0.15, 0.2) is 0 Å². The molecule has 44 valence electrons. The second-order valence-electron chi connectivity index (χ2n) is 0. The predicted octanol–water partition coefficient (Wildman–Crippen LogP) is -2.46. The molecule has 0 aliphatic rings. The number of rotatable bonds is 0. The predicted molar refractivity (Wildman–Crippen MR) is 16.1 cm³/mol. The van der Waals surface area contributed by atoms with Crippen molar-refractivity contribution in [3.05, 3.63) is 0 Å². The molecular formula is H8O5W. The molecule has 0 radical (unpaired) electrons. The summed E-state index contributed by atoms with van der Waals surface area (Å²) in [5.74, 6) is 0. The van der Waals surface area contributed by atoms with E-state index in [4.69, 9.17) is 10.5 Å². The molecule has 0 unspecified atom stereocenters. The van der Waals surface area contributed by atoms with Crippen LogP contribution in [0.5, 0.6) is 0 Å². The van der Waals surface area contributed by atoms with Gasteiger partial charge in [0.1, 0.15) is 0 Å². The van der Waals surface area contributed by atoms with Crippen molar-refractivity contribution in [2.24, 2.45) is 0 Å². The molecular weight excluding hydrogens is 264 g/mol. The largest absolute Gasteiger partial charge is 0.412 e. The molecule has 0 amide bonds. The van der Waals surface area contributed by atoms with E-state index >= 15 is 0 Å². The van der Waals surface area contributed by atoms with Crippen molar-refractivity contribution in [1.29, 1.82) is 0 Å². The minimum absolute atomic E-state index is 0. The van der Waals surface area contributed by atoms with E-state index in [0.29, 0.717) is 0 Å². The molecule has 0 bridgehead atoms. The second kappa shape index (κ2) is 464. The van der Waals surface area contributed by atoms with Gasteiger partial charge in [0.05, 0.1) is 0 Å². The zero-order valence-corrected chi connectivity index (χ0v) is 5.74. The van der Waals surface area contributed by atoms with Gasteiger partial charge in [-0.15, -0.1) is 0 Å². The Labute approximate surface area is 48.7 Å². The van der Waals surface area contributed by atoms with Crippen LogP contribution in [0.2, 0.25) is 0 Å². The minimum Gasteiger partial charge on any atom is -0.412 e. The van der Waals surface area contributed by atoms with Crippen molar-refractivity contribution in [3.8, 4) is 0 Å². The molecule has 0 atom stereocenters. The molecule has 0 heterocycles. The maximum atomic E-state index is 6.00. The normalized spacial score (nSPS) is 1.00. The van der Waals surface area contributed by atoms with Gasteiger partial charge in [0, 0.05) is 21.1 Å². The quantitative estimate of drug-likeness (QED) is 0.373. The molecule has 8 N–H and O–H groups in total. The second-order valence-corrected chi connectivity index (χ2v) is 0. The maximum absolute atomic E-state index is 6.00. The van der Waals surface area contributed by atoms with E-state index < -0.39 is 0 Å². The molecule has 5 nitrogen and oxygen atoms in total. The summed E-state index contributed by atoms with van der Waals surface area (Å²) in [4.78, 5) is 0. The summed E-state index contributed by atoms with van der Waals surface area (Å²) in [6.45, 7) is 0. The monoisotopic (exact) mass is 272 g/mol. The maximum Gasteiger partial charge on any atom is 0 e. The van der Waals surface area contributed by atoms with E-state index in [1.807, 2.05) is 0 Å². The van der Waals surface area contributed by atoms with E-state index in [9.17, 15) is 0 Å². The Morgan fingerprint density at radius 2 is 0.667 bits per heavy atom. The van der Waals surface area contributed by atoms with Crippen LogP contribution >= 0.6 is 0 Å². The zero-order chi connectivity index (χ0) is 2.00. The van der Waals surface area contributed by atoms with Crippen LogP contribution in [0.1, 0.15) is 0 Å². The van der Waals surface area contributed by atoms with Crippen molar-refractivity contribution < 1.29 is 48.0 Å². The average molecular weight is 272 g/mol. The zero-order valence-electron chi connectivity index (χ0n) is 2.80. The Bertz CT molecular complexity index is 3.90. The van der Waals surface area contributed by atoms with Crippen LogP contribution in [0, 0.1) is 0 Å². The third kappa shape index (κ3) is 229. The Hall–Kier alpha value is 0.488. The summed E-state index contributed by atoms with van der Waals surface area (Å²) in [5, 5.41) is 12.0. The Morgan fingerprint density at radius 3 is 0.667 bits per heavy atom. The topological polar surface area (TPSA) is 135 Å². The molecule has 0 aromatic rings. The van der Waals surface area contributed by atoms with Gasteiger partial charge in [-0.05, 0) is 0 Å². The molecule has 0 spiro atoms. The molecule has 6 heteroatoms. The van der Waals surface area contributed by atoms with Crippen LogP contribution in [-0.2, 0) is 21.1 Å². The van der Waals surface area contributed by atoms with Crippen LogP contribution < -0.4 is 0 Å². The van der Waals surface area contributed by atoms with E-state index in [1.165, 1.54) is 0 Å². The molecule has 0 rings (SSSR count). The van der Waals surface area contributed by atoms with Gasteiger partial charge in [0.2, 0.25) is 0 Å². The smallest absolute Gasteiger partial charge is 0 e. The summed E-state index contributed by atoms with van der Waals surface area (Å²) in [6, 6.07) is 0. The van der Waals surface area contributed by atoms with E-state index in [2.05, 4.69) is 0 Å². The van der Waals surface area contributed by atoms with Gasteiger partial charge in [-0.1, -0.05) is 0 Å². The van der Waals surface area contributed by atoms with Gasteiger partial charge >= 0.3 is 0 Å². The van der Waals surface area contributed by atoms with Gasteiger partial charge in [-0.3, -0.25) is 10.5 Å². The van der Waals surface area contributed by atoms with Gasteiger partial charge in [0.25, 0.3) is 0 Å². The molecule has 0 fully saturated rings. The van der Waals surface area contributed by atoms with Crippen molar-refractivity contribution in [1.82, 2.24) is 0 Å². The third-order valence-electron chi connectivity index (χ3n) is 0. The Morgan fingerprint density at radius 1 is 0.667 bits per heavy atom. The average Bonchev–Trinajstić information content (AvgIpc) is 1.00. The standard InChI is InChI=1S/H2O2.3H2O.W/c1-2;;;;/h1-2H;3*1H2;. The first-order valence-corrected chi connectivity index (χ1v) is 0.200. The van der Waals surface area contributed by atoms with Crippen LogP contribution in [0.3, 0.4) is 0 Å². The minimum atomic E-state index is 0. The molecule has 0 saturated carbocycles. The molecule has 0 aromatic heterocycles. The summed E-state index contributed by atoms with van der Waals surface area (Å²) in [5.41, 5.74) is 0. The third-order valence-corrected chi connectivity index (χ3v) is 0. The summed E-state index contributed by atoms with van der Waals surface area (Å²) in [6.07, 6.45) is 0.